The summed E-state index contributed by atoms with van der Waals surface area (Å²) in [5.74, 6) is -2.38. The Hall–Kier alpha value is -5.06. The zero-order valence-corrected chi connectivity index (χ0v) is 34.8. The Balaban J connectivity index is 1.22. The lowest BCUT2D eigenvalue weighted by atomic mass is 10.0. The molecule has 3 N–H and O–H groups in total. The Morgan fingerprint density at radius 3 is 2.55 bits per heavy atom. The smallest absolute Gasteiger partial charge is 0.408 e. The first-order chi connectivity index (χ1) is 27.4. The van der Waals surface area contributed by atoms with Gasteiger partial charge in [-0.25, -0.2) is 13.2 Å². The minimum atomic E-state index is -4.00. The first kappa shape index (κ1) is 41.1. The van der Waals surface area contributed by atoms with Gasteiger partial charge in [-0.3, -0.25) is 33.6 Å². The van der Waals surface area contributed by atoms with Gasteiger partial charge in [0, 0.05) is 36.3 Å². The number of nitrogens with zero attached hydrogens (tertiary/aromatic N) is 5. The first-order valence-corrected chi connectivity index (χ1v) is 21.7. The molecule has 3 aromatic rings. The van der Waals surface area contributed by atoms with Crippen LogP contribution in [0.25, 0.3) is 22.3 Å². The van der Waals surface area contributed by atoms with Crippen molar-refractivity contribution in [1.82, 2.24) is 39.8 Å². The minimum Gasteiger partial charge on any atom is -0.459 e. The number of amides is 4. The lowest BCUT2D eigenvalue weighted by Gasteiger charge is -2.30. The Labute approximate surface area is 339 Å². The molecule has 7 rings (SSSR count). The molecule has 16 nitrogen and oxygen atoms in total. The fourth-order valence-electron chi connectivity index (χ4n) is 7.87. The molecule has 5 atom stereocenters. The van der Waals surface area contributed by atoms with E-state index in [1.54, 1.807) is 46.3 Å². The normalized spacial score (nSPS) is 26.7. The van der Waals surface area contributed by atoms with Crippen molar-refractivity contribution in [3.05, 3.63) is 48.9 Å². The molecule has 2 aliphatic heterocycles. The minimum absolute atomic E-state index is 0.0308. The van der Waals surface area contributed by atoms with Gasteiger partial charge in [-0.2, -0.15) is 4.98 Å². The summed E-state index contributed by atoms with van der Waals surface area (Å²) in [7, 11) is -4.00. The van der Waals surface area contributed by atoms with E-state index in [1.807, 2.05) is 48.8 Å². The van der Waals surface area contributed by atoms with Crippen molar-refractivity contribution in [2.45, 2.75) is 139 Å². The maximum absolute atomic E-state index is 14.7. The van der Waals surface area contributed by atoms with Crippen molar-refractivity contribution in [1.29, 1.82) is 0 Å². The first-order valence-electron chi connectivity index (χ1n) is 20.2. The number of alkyl carbamates (subject to hydrolysis) is 1. The summed E-state index contributed by atoms with van der Waals surface area (Å²) >= 11 is 0. The summed E-state index contributed by atoms with van der Waals surface area (Å²) in [5, 5.41) is 5.67. The number of hydrogen-bond acceptors (Lipinski definition) is 11. The molecule has 4 amide bonds. The van der Waals surface area contributed by atoms with Crippen LogP contribution in [0.3, 0.4) is 0 Å². The molecule has 2 saturated carbocycles. The number of nitrogens with one attached hydrogen (secondary N) is 3. The van der Waals surface area contributed by atoms with Crippen LogP contribution in [-0.4, -0.2) is 97.3 Å². The topological polar surface area (TPSA) is 204 Å². The quantitative estimate of drug-likeness (QED) is 0.266. The molecule has 0 unspecified atom stereocenters. The van der Waals surface area contributed by atoms with Gasteiger partial charge in [-0.05, 0) is 86.1 Å². The van der Waals surface area contributed by atoms with Crippen molar-refractivity contribution in [3.8, 4) is 17.3 Å². The average molecular weight is 819 g/mol. The third-order valence-electron chi connectivity index (χ3n) is 11.5. The number of para-hydroxylation sites is 1. The lowest BCUT2D eigenvalue weighted by Crippen LogP contribution is -2.58. The van der Waals surface area contributed by atoms with Crippen LogP contribution in [0.4, 0.5) is 4.79 Å². The van der Waals surface area contributed by atoms with Gasteiger partial charge in [0.2, 0.25) is 21.8 Å². The van der Waals surface area contributed by atoms with Crippen LogP contribution < -0.4 is 20.1 Å². The largest absolute Gasteiger partial charge is 0.459 e. The number of imidazole rings is 1. The molecule has 4 heterocycles. The highest BCUT2D eigenvalue weighted by atomic mass is 32.2. The van der Waals surface area contributed by atoms with Crippen molar-refractivity contribution in [3.63, 3.8) is 0 Å². The fourth-order valence-corrected chi connectivity index (χ4v) is 9.18. The maximum atomic E-state index is 14.7. The Morgan fingerprint density at radius 1 is 1.09 bits per heavy atom. The van der Waals surface area contributed by atoms with Crippen LogP contribution in [0.2, 0.25) is 0 Å². The highest BCUT2D eigenvalue weighted by Gasteiger charge is 2.63. The number of fused-ring (bicyclic) bond motifs is 3. The van der Waals surface area contributed by atoms with Gasteiger partial charge in [0.25, 0.3) is 11.9 Å². The highest BCUT2D eigenvalue weighted by Crippen LogP contribution is 2.47. The van der Waals surface area contributed by atoms with E-state index in [9.17, 15) is 27.6 Å². The maximum Gasteiger partial charge on any atom is 0.408 e. The second-order valence-corrected chi connectivity index (χ2v) is 19.7. The van der Waals surface area contributed by atoms with Crippen LogP contribution >= 0.6 is 0 Å². The Bertz CT molecular complexity index is 2210. The summed E-state index contributed by atoms with van der Waals surface area (Å²) in [6.45, 7) is 10.8. The van der Waals surface area contributed by atoms with Crippen LogP contribution in [0.5, 0.6) is 6.01 Å². The van der Waals surface area contributed by atoms with E-state index >= 15 is 0 Å². The summed E-state index contributed by atoms with van der Waals surface area (Å²) < 4.78 is 41.8. The van der Waals surface area contributed by atoms with Crippen LogP contribution in [0.1, 0.15) is 105 Å². The molecular weight excluding hydrogens is 765 g/mol. The molecule has 3 fully saturated rings. The number of aromatic nitrogens is 4. The zero-order valence-electron chi connectivity index (χ0n) is 34.0. The van der Waals surface area contributed by atoms with E-state index in [-0.39, 0.29) is 31.4 Å². The summed E-state index contributed by atoms with van der Waals surface area (Å²) in [4.78, 5) is 71.3. The molecule has 17 heteroatoms. The van der Waals surface area contributed by atoms with E-state index in [1.165, 1.54) is 4.90 Å². The number of benzene rings is 1. The second-order valence-electron chi connectivity index (χ2n) is 17.5. The van der Waals surface area contributed by atoms with Gasteiger partial charge in [-0.1, -0.05) is 37.1 Å². The van der Waals surface area contributed by atoms with E-state index in [2.05, 4.69) is 25.3 Å². The van der Waals surface area contributed by atoms with Crippen molar-refractivity contribution in [2.24, 2.45) is 5.92 Å². The third-order valence-corrected chi connectivity index (χ3v) is 13.6. The molecule has 1 aromatic carbocycles. The van der Waals surface area contributed by atoms with Gasteiger partial charge in [0.15, 0.2) is 0 Å². The molecule has 4 aliphatic rings. The predicted molar refractivity (Wildman–Crippen MR) is 215 cm³/mol. The Kier molecular flexibility index (Phi) is 11.1. The zero-order chi connectivity index (χ0) is 41.6. The van der Waals surface area contributed by atoms with Gasteiger partial charge in [-0.15, -0.1) is 0 Å². The molecule has 2 aromatic heterocycles. The molecule has 0 radical (unpaired) electrons. The standard InChI is InChI=1S/C41H54N8O8S/c1-25(2)49-31-16-12-14-28(30-23-42-19-20-43-30)33(31)45-37(49)56-27-21-32-34(50)46-41(36(52)47-58(54,55)40(6)17-18-40)22-26(41)13-10-8-7-9-11-15-29(35(51)48(32)24-27)44-38(53)57-39(3,4)5/h10,12-14,16,19-20,23,25-27,29,32H,7-9,11,15,17-18,21-22,24H2,1-6H3,(H,44,53)(H,46,50)(H,47,52)/b13-10-/t26-,27-,29+,32+,41-/m1/s1. The summed E-state index contributed by atoms with van der Waals surface area (Å²) in [6.07, 6.45) is 11.4. The number of allylic oxidation sites excluding steroid dienone is 1. The predicted octanol–water partition coefficient (Wildman–Crippen LogP) is 4.71. The number of sulfonamides is 1. The van der Waals surface area contributed by atoms with E-state index in [4.69, 9.17) is 14.5 Å². The molecule has 58 heavy (non-hydrogen) atoms. The van der Waals surface area contributed by atoms with Crippen molar-refractivity contribution >= 4 is 44.9 Å². The average Bonchev–Trinajstić information content (AvgIpc) is 3.97. The van der Waals surface area contributed by atoms with Crippen LogP contribution in [-0.2, 0) is 29.1 Å². The fraction of sp³-hybridized carbons (Fsp3) is 0.585. The lowest BCUT2D eigenvalue weighted by molar-refractivity contribution is -0.141. The summed E-state index contributed by atoms with van der Waals surface area (Å²) in [5.41, 5.74) is 0.488. The number of carbonyl (C=O) groups is 4. The molecule has 2 aliphatic carbocycles. The highest BCUT2D eigenvalue weighted by molar-refractivity contribution is 7.91. The molecule has 1 saturated heterocycles. The van der Waals surface area contributed by atoms with Gasteiger partial charge in [0.1, 0.15) is 34.8 Å². The van der Waals surface area contributed by atoms with Crippen LogP contribution in [0, 0.1) is 5.92 Å². The van der Waals surface area contributed by atoms with E-state index in [0.29, 0.717) is 43.3 Å². The summed E-state index contributed by atoms with van der Waals surface area (Å²) in [6, 6.07) is 3.79. The number of ether oxygens (including phenoxy) is 2. The van der Waals surface area contributed by atoms with Crippen LogP contribution in [0.15, 0.2) is 48.9 Å². The number of rotatable bonds is 8. The Morgan fingerprint density at radius 2 is 1.86 bits per heavy atom. The third kappa shape index (κ3) is 8.41. The molecule has 0 bridgehead atoms. The molecular formula is C41H54N8O8S. The second kappa shape index (κ2) is 15.6. The SMILES string of the molecule is CC(C)n1c(O[C@@H]2C[C@H]3C(=O)N[C@]4(C(=O)NS(=O)(=O)C5(C)CC5)C[C@H]4/C=C\CCCCC[C@H](NC(=O)OC(C)(C)C)C(=O)N3C2)nc2c(-c3cnccn3)cccc21. The number of carbonyl (C=O) groups excluding carboxylic acids is 4. The molecule has 312 valence electrons. The van der Waals surface area contributed by atoms with E-state index in [0.717, 1.165) is 23.9 Å². The monoisotopic (exact) mass is 818 g/mol. The van der Waals surface area contributed by atoms with Crippen molar-refractivity contribution < 1.29 is 37.1 Å². The van der Waals surface area contributed by atoms with E-state index < -0.39 is 73.8 Å². The number of hydrogen-bond donors (Lipinski definition) is 3. The van der Waals surface area contributed by atoms with Crippen molar-refractivity contribution in [2.75, 3.05) is 6.54 Å². The van der Waals surface area contributed by atoms with Gasteiger partial charge < -0.3 is 25.0 Å². The van der Waals surface area contributed by atoms with Gasteiger partial charge in [0.05, 0.1) is 28.7 Å². The molecule has 0 spiro atoms. The van der Waals surface area contributed by atoms with Gasteiger partial charge >= 0.3 is 6.09 Å².